The Kier molecular flexibility index (Phi) is 13.7. The van der Waals surface area contributed by atoms with Crippen LogP contribution in [0.5, 0.6) is 0 Å². The van der Waals surface area contributed by atoms with Gasteiger partial charge in [-0.3, -0.25) is 14.4 Å². The highest BCUT2D eigenvalue weighted by molar-refractivity contribution is 5.92. The van der Waals surface area contributed by atoms with Gasteiger partial charge in [0.15, 0.2) is 5.03 Å². The van der Waals surface area contributed by atoms with E-state index in [1.807, 2.05) is 104 Å². The summed E-state index contributed by atoms with van der Waals surface area (Å²) in [4.78, 5) is 57.9. The average molecular weight is 631 g/mol. The van der Waals surface area contributed by atoms with Gasteiger partial charge in [0.25, 0.3) is 5.96 Å². The lowest BCUT2D eigenvalue weighted by molar-refractivity contribution is -0.525. The van der Waals surface area contributed by atoms with Crippen LogP contribution in [-0.4, -0.2) is 78.3 Å². The van der Waals surface area contributed by atoms with Gasteiger partial charge in [0, 0.05) is 26.2 Å². The third-order valence-corrected chi connectivity index (χ3v) is 7.25. The molecule has 0 heterocycles. The summed E-state index contributed by atoms with van der Waals surface area (Å²) in [7, 11) is 3.87. The Labute approximate surface area is 268 Å². The lowest BCUT2D eigenvalue weighted by atomic mass is 9.89. The molecule has 6 N–H and O–H groups in total. The highest BCUT2D eigenvalue weighted by Gasteiger charge is 2.34. The molecule has 0 aromatic heterocycles. The van der Waals surface area contributed by atoms with Crippen LogP contribution in [0.2, 0.25) is 0 Å². The summed E-state index contributed by atoms with van der Waals surface area (Å²) in [6.45, 7) is 1.43. The summed E-state index contributed by atoms with van der Waals surface area (Å²) in [6, 6.07) is 24.9. The topological polar surface area (TPSA) is 189 Å². The molecule has 3 aromatic carbocycles. The molecule has 13 heteroatoms. The molecule has 13 nitrogen and oxygen atoms in total. The standard InChI is InChI=1S/C33H42N8O5/c1-39(2)21-20-36-29(42)22-24-15-17-25(18-16-24)23-40(28(31(34)43)14-9-19-37-33(35)38-41(45)46)32(44)30(26-10-5-3-6-11-26)27-12-7-4-8-13-27/h3-8,10-13,15-18,28,30H,9,14,19-23H2,1-2H3,(H2,34,43)(H,36,42)(H3,35,37,38)/t28-/m1/s1. The van der Waals surface area contributed by atoms with E-state index in [1.54, 1.807) is 5.43 Å². The summed E-state index contributed by atoms with van der Waals surface area (Å²) >= 11 is 0. The molecule has 3 amide bonds. The molecule has 0 aliphatic carbocycles. The number of hydrogen-bond acceptors (Lipinski definition) is 7. The number of carbonyl (C=O) groups is 3. The number of rotatable bonds is 17. The second-order valence-corrected chi connectivity index (χ2v) is 11.1. The molecule has 0 radical (unpaired) electrons. The molecule has 0 spiro atoms. The summed E-state index contributed by atoms with van der Waals surface area (Å²) in [5.41, 5.74) is 16.3. The van der Waals surface area contributed by atoms with Crippen molar-refractivity contribution < 1.29 is 19.4 Å². The highest BCUT2D eigenvalue weighted by atomic mass is 16.7. The molecule has 1 atom stereocenters. The second-order valence-electron chi connectivity index (χ2n) is 11.1. The minimum atomic E-state index is -1.01. The maximum Gasteiger partial charge on any atom is 0.251 e. The van der Waals surface area contributed by atoms with Crippen LogP contribution in [0, 0.1) is 10.1 Å². The summed E-state index contributed by atoms with van der Waals surface area (Å²) in [5, 5.41) is 12.7. The molecule has 3 aromatic rings. The van der Waals surface area contributed by atoms with Gasteiger partial charge in [0.05, 0.1) is 12.3 Å². The molecule has 0 bridgehead atoms. The Hall–Kier alpha value is -5.30. The first-order chi connectivity index (χ1) is 22.0. The molecular formula is C33H42N8O5. The maximum atomic E-state index is 14.5. The minimum Gasteiger partial charge on any atom is -0.368 e. The van der Waals surface area contributed by atoms with Gasteiger partial charge in [-0.15, -0.1) is 0 Å². The van der Waals surface area contributed by atoms with E-state index in [0.29, 0.717) is 6.54 Å². The molecule has 0 fully saturated rings. The van der Waals surface area contributed by atoms with E-state index in [0.717, 1.165) is 28.8 Å². The van der Waals surface area contributed by atoms with Crippen molar-refractivity contribution in [3.8, 4) is 0 Å². The van der Waals surface area contributed by atoms with Gasteiger partial charge >= 0.3 is 0 Å². The molecule has 0 aliphatic rings. The highest BCUT2D eigenvalue weighted by Crippen LogP contribution is 2.29. The molecule has 0 saturated heterocycles. The Balaban J connectivity index is 1.90. The number of benzene rings is 3. The van der Waals surface area contributed by atoms with E-state index in [-0.39, 0.29) is 50.1 Å². The number of nitrogens with two attached hydrogens (primary N) is 2. The first-order valence-electron chi connectivity index (χ1n) is 14.9. The van der Waals surface area contributed by atoms with Gasteiger partial charge in [-0.1, -0.05) is 90.4 Å². The number of hydrazine groups is 1. The SMILES string of the molecule is CN(C)CCNC(=O)Cc1ccc(CN(C(=O)C(c2ccccc2)c2ccccc2)[C@H](CCCN=C(N)N[N+](=O)[O-])C(N)=O)cc1. The molecule has 0 aliphatic heterocycles. The van der Waals surface area contributed by atoms with Crippen molar-refractivity contribution in [2.45, 2.75) is 37.8 Å². The van der Waals surface area contributed by atoms with Crippen LogP contribution >= 0.6 is 0 Å². The first kappa shape index (κ1) is 35.2. The number of nitro groups is 1. The van der Waals surface area contributed by atoms with Crippen molar-refractivity contribution in [1.82, 2.24) is 20.5 Å². The van der Waals surface area contributed by atoms with E-state index in [4.69, 9.17) is 11.5 Å². The molecule has 244 valence electrons. The number of likely N-dealkylation sites (N-methyl/N-ethyl adjacent to an activating group) is 1. The van der Waals surface area contributed by atoms with Crippen LogP contribution < -0.4 is 22.2 Å². The quantitative estimate of drug-likeness (QED) is 0.0571. The van der Waals surface area contributed by atoms with Crippen molar-refractivity contribution in [1.29, 1.82) is 0 Å². The smallest absolute Gasteiger partial charge is 0.251 e. The van der Waals surface area contributed by atoms with Gasteiger partial charge in [-0.25, -0.2) is 15.1 Å². The molecule has 3 rings (SSSR count). The van der Waals surface area contributed by atoms with E-state index < -0.39 is 22.9 Å². The van der Waals surface area contributed by atoms with E-state index in [1.165, 1.54) is 4.90 Å². The van der Waals surface area contributed by atoms with Crippen molar-refractivity contribution in [2.24, 2.45) is 16.5 Å². The zero-order valence-corrected chi connectivity index (χ0v) is 26.2. The van der Waals surface area contributed by atoms with Crippen LogP contribution in [0.4, 0.5) is 0 Å². The zero-order chi connectivity index (χ0) is 33.5. The van der Waals surface area contributed by atoms with Gasteiger partial charge in [-0.05, 0) is 49.2 Å². The number of hydrogen-bond donors (Lipinski definition) is 4. The number of carbonyl (C=O) groups excluding carboxylic acids is 3. The van der Waals surface area contributed by atoms with Gasteiger partial charge < -0.3 is 26.6 Å². The summed E-state index contributed by atoms with van der Waals surface area (Å²) in [6.07, 6.45) is 0.637. The Morgan fingerprint density at radius 3 is 1.98 bits per heavy atom. The van der Waals surface area contributed by atoms with E-state index >= 15 is 0 Å². The number of guanidine groups is 1. The number of amides is 3. The third-order valence-electron chi connectivity index (χ3n) is 7.25. The number of aliphatic imine (C=N–C) groups is 1. The molecular weight excluding hydrogens is 588 g/mol. The lowest BCUT2D eigenvalue weighted by Crippen LogP contribution is -2.49. The average Bonchev–Trinajstić information content (AvgIpc) is 3.01. The van der Waals surface area contributed by atoms with Crippen LogP contribution in [0.1, 0.15) is 41.0 Å². The van der Waals surface area contributed by atoms with E-state index in [2.05, 4.69) is 10.3 Å². The van der Waals surface area contributed by atoms with Crippen molar-refractivity contribution in [2.75, 3.05) is 33.7 Å². The molecule has 0 unspecified atom stereocenters. The molecule has 0 saturated carbocycles. The van der Waals surface area contributed by atoms with Crippen LogP contribution in [-0.2, 0) is 27.3 Å². The van der Waals surface area contributed by atoms with Crippen LogP contribution in [0.3, 0.4) is 0 Å². The zero-order valence-electron chi connectivity index (χ0n) is 26.2. The number of nitrogens with one attached hydrogen (secondary N) is 2. The fourth-order valence-corrected chi connectivity index (χ4v) is 4.97. The Morgan fingerprint density at radius 2 is 1.46 bits per heavy atom. The second kappa shape index (κ2) is 17.9. The van der Waals surface area contributed by atoms with Crippen LogP contribution in [0.15, 0.2) is 89.9 Å². The van der Waals surface area contributed by atoms with Gasteiger partial charge in [0.1, 0.15) is 6.04 Å². The largest absolute Gasteiger partial charge is 0.368 e. The van der Waals surface area contributed by atoms with Crippen molar-refractivity contribution in [3.63, 3.8) is 0 Å². The van der Waals surface area contributed by atoms with Crippen molar-refractivity contribution >= 4 is 23.7 Å². The summed E-state index contributed by atoms with van der Waals surface area (Å²) < 4.78 is 0. The van der Waals surface area contributed by atoms with E-state index in [9.17, 15) is 24.5 Å². The monoisotopic (exact) mass is 630 g/mol. The van der Waals surface area contributed by atoms with Gasteiger partial charge in [-0.2, -0.15) is 0 Å². The Morgan fingerprint density at radius 1 is 0.891 bits per heavy atom. The third kappa shape index (κ3) is 11.3. The lowest BCUT2D eigenvalue weighted by Gasteiger charge is -2.33. The number of primary amides is 1. The Bertz CT molecular complexity index is 1430. The van der Waals surface area contributed by atoms with Crippen molar-refractivity contribution in [3.05, 3.63) is 117 Å². The fourth-order valence-electron chi connectivity index (χ4n) is 4.97. The predicted molar refractivity (Wildman–Crippen MR) is 176 cm³/mol. The predicted octanol–water partition coefficient (Wildman–Crippen LogP) is 1.80. The summed E-state index contributed by atoms with van der Waals surface area (Å²) in [5.74, 6) is -2.19. The van der Waals surface area contributed by atoms with Crippen LogP contribution in [0.25, 0.3) is 0 Å². The fraction of sp³-hybridized carbons (Fsp3) is 0.333. The van der Waals surface area contributed by atoms with Gasteiger partial charge in [0.2, 0.25) is 17.7 Å². The minimum absolute atomic E-state index is 0.0740. The first-order valence-corrected chi connectivity index (χ1v) is 14.9. The molecule has 46 heavy (non-hydrogen) atoms. The number of nitrogens with zero attached hydrogens (tertiary/aromatic N) is 4. The maximum absolute atomic E-state index is 14.5. The normalized spacial score (nSPS) is 12.0.